The minimum absolute atomic E-state index is 0.324. The van der Waals surface area contributed by atoms with Crippen LogP contribution in [0.4, 0.5) is 5.82 Å². The highest BCUT2D eigenvalue weighted by Gasteiger charge is 2.15. The molecule has 0 amide bonds. The Morgan fingerprint density at radius 1 is 1.00 bits per heavy atom. The van der Waals surface area contributed by atoms with Gasteiger partial charge in [-0.2, -0.15) is 0 Å². The summed E-state index contributed by atoms with van der Waals surface area (Å²) in [6, 6.07) is 0.324. The van der Waals surface area contributed by atoms with Crippen LogP contribution < -0.4 is 5.32 Å². The topological polar surface area (TPSA) is 50.7 Å². The first kappa shape index (κ1) is 12.7. The molecule has 0 saturated carbocycles. The van der Waals surface area contributed by atoms with Crippen LogP contribution in [0.2, 0.25) is 0 Å². The average Bonchev–Trinajstić information content (AvgIpc) is 2.32. The number of nitrogens with one attached hydrogen (secondary N) is 1. The maximum absolute atomic E-state index is 4.73. The molecule has 0 unspecified atom stereocenters. The quantitative estimate of drug-likeness (QED) is 0.900. The lowest BCUT2D eigenvalue weighted by Crippen LogP contribution is -2.14. The molecule has 0 aromatic carbocycles. The number of anilines is 1. The van der Waals surface area contributed by atoms with Gasteiger partial charge in [0.2, 0.25) is 0 Å². The molecule has 0 aliphatic rings. The van der Waals surface area contributed by atoms with Gasteiger partial charge in [-0.25, -0.2) is 9.97 Å². The highest BCUT2D eigenvalue weighted by Crippen LogP contribution is 2.27. The van der Waals surface area contributed by atoms with Crippen molar-refractivity contribution in [1.82, 2.24) is 15.0 Å². The maximum Gasteiger partial charge on any atom is 0.154 e. The summed E-state index contributed by atoms with van der Waals surface area (Å²) in [6.07, 6.45) is 3.45. The van der Waals surface area contributed by atoms with Gasteiger partial charge >= 0.3 is 0 Å². The summed E-state index contributed by atoms with van der Waals surface area (Å²) in [7, 11) is 0. The summed E-state index contributed by atoms with van der Waals surface area (Å²) in [5, 5.41) is 3.36. The van der Waals surface area contributed by atoms with Gasteiger partial charge in [0.05, 0.1) is 11.2 Å². The maximum atomic E-state index is 4.73. The SMILES string of the molecule is Cc1c(C(C)C)nc(NC(C)C)c2nccnc12. The van der Waals surface area contributed by atoms with Crippen molar-refractivity contribution in [3.05, 3.63) is 23.7 Å². The van der Waals surface area contributed by atoms with E-state index >= 15 is 0 Å². The third-order valence-electron chi connectivity index (χ3n) is 2.87. The van der Waals surface area contributed by atoms with E-state index in [9.17, 15) is 0 Å². The molecule has 0 atom stereocenters. The Bertz CT molecular complexity index is 561. The minimum atomic E-state index is 0.324. The first-order chi connectivity index (χ1) is 8.50. The van der Waals surface area contributed by atoms with E-state index in [0.717, 1.165) is 28.1 Å². The number of nitrogens with zero attached hydrogens (tertiary/aromatic N) is 3. The summed E-state index contributed by atoms with van der Waals surface area (Å²) < 4.78 is 0. The van der Waals surface area contributed by atoms with Gasteiger partial charge in [-0.15, -0.1) is 0 Å². The van der Waals surface area contributed by atoms with Crippen molar-refractivity contribution in [1.29, 1.82) is 0 Å². The van der Waals surface area contributed by atoms with Gasteiger partial charge in [0, 0.05) is 18.4 Å². The second-order valence-corrected chi connectivity index (χ2v) is 5.18. The zero-order valence-corrected chi connectivity index (χ0v) is 11.7. The van der Waals surface area contributed by atoms with E-state index in [1.54, 1.807) is 12.4 Å². The summed E-state index contributed by atoms with van der Waals surface area (Å²) >= 11 is 0. The normalized spacial score (nSPS) is 11.5. The minimum Gasteiger partial charge on any atom is -0.366 e. The van der Waals surface area contributed by atoms with Crippen LogP contribution in [0.3, 0.4) is 0 Å². The molecule has 2 aromatic rings. The zero-order valence-electron chi connectivity index (χ0n) is 11.7. The van der Waals surface area contributed by atoms with Crippen molar-refractivity contribution in [3.63, 3.8) is 0 Å². The van der Waals surface area contributed by atoms with E-state index in [-0.39, 0.29) is 0 Å². The number of aryl methyl sites for hydroxylation is 1. The molecular weight excluding hydrogens is 224 g/mol. The van der Waals surface area contributed by atoms with Crippen molar-refractivity contribution in [2.75, 3.05) is 5.32 Å². The van der Waals surface area contributed by atoms with Crippen LogP contribution in [-0.2, 0) is 0 Å². The molecule has 2 rings (SSSR count). The van der Waals surface area contributed by atoms with Crippen molar-refractivity contribution in [2.45, 2.75) is 46.6 Å². The molecule has 0 aliphatic heterocycles. The Morgan fingerprint density at radius 2 is 1.61 bits per heavy atom. The van der Waals surface area contributed by atoms with Gasteiger partial charge < -0.3 is 5.32 Å². The van der Waals surface area contributed by atoms with E-state index in [1.807, 2.05) is 0 Å². The lowest BCUT2D eigenvalue weighted by Gasteiger charge is -2.16. The highest BCUT2D eigenvalue weighted by molar-refractivity contribution is 5.88. The van der Waals surface area contributed by atoms with Crippen LogP contribution in [-0.4, -0.2) is 21.0 Å². The van der Waals surface area contributed by atoms with Crippen molar-refractivity contribution in [3.8, 4) is 0 Å². The van der Waals surface area contributed by atoms with Gasteiger partial charge in [-0.05, 0) is 32.3 Å². The average molecular weight is 244 g/mol. The molecule has 4 heteroatoms. The smallest absolute Gasteiger partial charge is 0.154 e. The molecule has 2 aromatic heterocycles. The molecule has 0 bridgehead atoms. The molecule has 0 fully saturated rings. The van der Waals surface area contributed by atoms with E-state index in [0.29, 0.717) is 12.0 Å². The molecule has 4 nitrogen and oxygen atoms in total. The molecule has 1 N–H and O–H groups in total. The lowest BCUT2D eigenvalue weighted by molar-refractivity contribution is 0.807. The van der Waals surface area contributed by atoms with E-state index in [4.69, 9.17) is 4.98 Å². The number of pyridine rings is 1. The predicted molar refractivity (Wildman–Crippen MR) is 74.9 cm³/mol. The van der Waals surface area contributed by atoms with Crippen molar-refractivity contribution in [2.24, 2.45) is 0 Å². The Balaban J connectivity index is 2.71. The van der Waals surface area contributed by atoms with Gasteiger partial charge in [-0.3, -0.25) is 4.98 Å². The van der Waals surface area contributed by atoms with Crippen molar-refractivity contribution < 1.29 is 0 Å². The van der Waals surface area contributed by atoms with Gasteiger partial charge in [-0.1, -0.05) is 13.8 Å². The molecular formula is C14H20N4. The molecule has 18 heavy (non-hydrogen) atoms. The lowest BCUT2D eigenvalue weighted by atomic mass is 10.0. The number of rotatable bonds is 3. The number of aromatic nitrogens is 3. The standard InChI is InChI=1S/C14H20N4/c1-8(2)11-10(5)12-13(16-7-6-15-12)14(18-11)17-9(3)4/h6-9H,1-5H3,(H,17,18). The summed E-state index contributed by atoms with van der Waals surface area (Å²) in [5.74, 6) is 1.21. The second kappa shape index (κ2) is 4.88. The van der Waals surface area contributed by atoms with Crippen molar-refractivity contribution >= 4 is 16.9 Å². The first-order valence-electron chi connectivity index (χ1n) is 6.38. The first-order valence-corrected chi connectivity index (χ1v) is 6.38. The summed E-state index contributed by atoms with van der Waals surface area (Å²) in [5.41, 5.74) is 4.01. The van der Waals surface area contributed by atoms with Gasteiger partial charge in [0.15, 0.2) is 5.82 Å². The van der Waals surface area contributed by atoms with Gasteiger partial charge in [0.25, 0.3) is 0 Å². The predicted octanol–water partition coefficient (Wildman–Crippen LogP) is 3.28. The van der Waals surface area contributed by atoms with Crippen LogP contribution in [0.25, 0.3) is 11.0 Å². The van der Waals surface area contributed by atoms with Crippen LogP contribution in [0, 0.1) is 6.92 Å². The highest BCUT2D eigenvalue weighted by atomic mass is 15.0. The second-order valence-electron chi connectivity index (χ2n) is 5.18. The molecule has 0 aliphatic carbocycles. The van der Waals surface area contributed by atoms with Crippen LogP contribution in [0.5, 0.6) is 0 Å². The Labute approximate surface area is 108 Å². The molecule has 96 valence electrons. The third kappa shape index (κ3) is 2.28. The Kier molecular flexibility index (Phi) is 3.45. The van der Waals surface area contributed by atoms with E-state index < -0.39 is 0 Å². The fraction of sp³-hybridized carbons (Fsp3) is 0.500. The third-order valence-corrected chi connectivity index (χ3v) is 2.87. The molecule has 0 saturated heterocycles. The Morgan fingerprint density at radius 3 is 2.17 bits per heavy atom. The van der Waals surface area contributed by atoms with E-state index in [2.05, 4.69) is 49.9 Å². The summed E-state index contributed by atoms with van der Waals surface area (Å²) in [6.45, 7) is 10.6. The van der Waals surface area contributed by atoms with Crippen LogP contribution in [0.15, 0.2) is 12.4 Å². The largest absolute Gasteiger partial charge is 0.366 e. The van der Waals surface area contributed by atoms with Crippen LogP contribution >= 0.6 is 0 Å². The van der Waals surface area contributed by atoms with Crippen LogP contribution in [0.1, 0.15) is 44.9 Å². The van der Waals surface area contributed by atoms with E-state index in [1.165, 1.54) is 0 Å². The molecule has 0 spiro atoms. The number of fused-ring (bicyclic) bond motifs is 1. The number of hydrogen-bond donors (Lipinski definition) is 1. The molecule has 2 heterocycles. The summed E-state index contributed by atoms with van der Waals surface area (Å²) in [4.78, 5) is 13.6. The fourth-order valence-corrected chi connectivity index (χ4v) is 2.10. The zero-order chi connectivity index (χ0) is 13.3. The Hall–Kier alpha value is -1.71. The monoisotopic (exact) mass is 244 g/mol. The van der Waals surface area contributed by atoms with Gasteiger partial charge in [0.1, 0.15) is 5.52 Å². The fourth-order valence-electron chi connectivity index (χ4n) is 2.10. The molecule has 0 radical (unpaired) electrons. The number of hydrogen-bond acceptors (Lipinski definition) is 4.